The fourth-order valence-corrected chi connectivity index (χ4v) is 5.28. The van der Waals surface area contributed by atoms with Gasteiger partial charge in [0.15, 0.2) is 0 Å². The fourth-order valence-electron chi connectivity index (χ4n) is 5.13. The molecule has 2 fully saturated rings. The van der Waals surface area contributed by atoms with Gasteiger partial charge in [0.05, 0.1) is 11.2 Å². The van der Waals surface area contributed by atoms with Crippen LogP contribution in [0, 0.1) is 6.92 Å². The van der Waals surface area contributed by atoms with Gasteiger partial charge in [-0.15, -0.1) is 12.6 Å². The number of nitrogens with zero attached hydrogens (tertiary/aromatic N) is 4. The first-order chi connectivity index (χ1) is 17.6. The third-order valence-corrected chi connectivity index (χ3v) is 7.21. The van der Waals surface area contributed by atoms with Crippen molar-refractivity contribution in [3.8, 4) is 5.75 Å². The molecular formula is C28H33N5O2S. The molecule has 2 aromatic carbocycles. The molecule has 0 radical (unpaired) electrons. The van der Waals surface area contributed by atoms with E-state index in [-0.39, 0.29) is 5.91 Å². The lowest BCUT2D eigenvalue weighted by Crippen LogP contribution is -2.44. The summed E-state index contributed by atoms with van der Waals surface area (Å²) >= 11 is 4.05. The monoisotopic (exact) mass is 503 g/mol. The van der Waals surface area contributed by atoms with Crippen LogP contribution in [0.25, 0.3) is 17.0 Å². The average molecular weight is 504 g/mol. The number of hydrogen-bond acceptors (Lipinski definition) is 7. The van der Waals surface area contributed by atoms with E-state index in [1.807, 2.05) is 49.4 Å². The standard InChI is InChI=1S/C28H33N5O2S/c1-20-25-18-22(30-27(34)11-6-21-4-8-24(9-5-21)35-19-36)7-10-26(25)31-28(29-20)33-16-12-23(13-17-33)32-14-2-3-15-32/h4-11,18,23,36H,2-3,12-17,19H2,1H3,(H,30,34). The lowest BCUT2D eigenvalue weighted by molar-refractivity contribution is -0.111. The Labute approximate surface area is 218 Å². The van der Waals surface area contributed by atoms with E-state index >= 15 is 0 Å². The first kappa shape index (κ1) is 24.6. The molecule has 1 aromatic heterocycles. The third kappa shape index (κ3) is 5.82. The van der Waals surface area contributed by atoms with E-state index in [9.17, 15) is 4.79 Å². The molecule has 7 nitrogen and oxygen atoms in total. The summed E-state index contributed by atoms with van der Waals surface area (Å²) in [5.74, 6) is 1.69. The van der Waals surface area contributed by atoms with Crippen molar-refractivity contribution >= 4 is 47.2 Å². The van der Waals surface area contributed by atoms with Gasteiger partial charge < -0.3 is 19.9 Å². The van der Waals surface area contributed by atoms with Crippen molar-refractivity contribution < 1.29 is 9.53 Å². The van der Waals surface area contributed by atoms with E-state index in [4.69, 9.17) is 14.7 Å². The number of anilines is 2. The summed E-state index contributed by atoms with van der Waals surface area (Å²) in [5, 5.41) is 3.89. The molecule has 2 aliphatic rings. The summed E-state index contributed by atoms with van der Waals surface area (Å²) in [6.07, 6.45) is 8.32. The van der Waals surface area contributed by atoms with Crippen molar-refractivity contribution in [2.45, 2.75) is 38.6 Å². The van der Waals surface area contributed by atoms with Crippen molar-refractivity contribution in [2.75, 3.05) is 42.3 Å². The molecule has 3 aromatic rings. The third-order valence-electron chi connectivity index (χ3n) is 7.08. The van der Waals surface area contributed by atoms with E-state index in [0.717, 1.165) is 52.6 Å². The number of aromatic nitrogens is 2. The van der Waals surface area contributed by atoms with Crippen LogP contribution in [0.15, 0.2) is 48.5 Å². The van der Waals surface area contributed by atoms with Gasteiger partial charge >= 0.3 is 0 Å². The van der Waals surface area contributed by atoms with Crippen LogP contribution in [0.1, 0.15) is 36.9 Å². The number of carbonyl (C=O) groups excluding carboxylic acids is 1. The first-order valence-electron chi connectivity index (χ1n) is 12.7. The van der Waals surface area contributed by atoms with Gasteiger partial charge in [-0.1, -0.05) is 12.1 Å². The van der Waals surface area contributed by atoms with Crippen molar-refractivity contribution in [1.82, 2.24) is 14.9 Å². The maximum absolute atomic E-state index is 12.5. The van der Waals surface area contributed by atoms with Crippen molar-refractivity contribution in [2.24, 2.45) is 0 Å². The van der Waals surface area contributed by atoms with Crippen molar-refractivity contribution in [3.05, 3.63) is 59.8 Å². The quantitative estimate of drug-likeness (QED) is 0.271. The smallest absolute Gasteiger partial charge is 0.248 e. The van der Waals surface area contributed by atoms with Crippen LogP contribution >= 0.6 is 12.6 Å². The Morgan fingerprint density at radius 1 is 1.08 bits per heavy atom. The molecule has 188 valence electrons. The Kier molecular flexibility index (Phi) is 7.72. The molecule has 36 heavy (non-hydrogen) atoms. The largest absolute Gasteiger partial charge is 0.483 e. The highest BCUT2D eigenvalue weighted by Crippen LogP contribution is 2.26. The molecule has 0 saturated carbocycles. The van der Waals surface area contributed by atoms with Crippen molar-refractivity contribution in [1.29, 1.82) is 0 Å². The summed E-state index contributed by atoms with van der Waals surface area (Å²) < 4.78 is 5.32. The molecular weight excluding hydrogens is 470 g/mol. The Balaban J connectivity index is 1.22. The maximum atomic E-state index is 12.5. The summed E-state index contributed by atoms with van der Waals surface area (Å²) in [6, 6.07) is 14.0. The number of fused-ring (bicyclic) bond motifs is 1. The number of thiol groups is 1. The predicted octanol–water partition coefficient (Wildman–Crippen LogP) is 4.92. The molecule has 0 atom stereocenters. The number of ether oxygens (including phenoxy) is 1. The molecule has 2 saturated heterocycles. The number of nitrogens with one attached hydrogen (secondary N) is 1. The van der Waals surface area contributed by atoms with E-state index in [2.05, 4.69) is 27.7 Å². The van der Waals surface area contributed by atoms with Crippen LogP contribution < -0.4 is 15.0 Å². The number of carbonyl (C=O) groups is 1. The van der Waals surface area contributed by atoms with Gasteiger partial charge in [0.25, 0.3) is 0 Å². The first-order valence-corrected chi connectivity index (χ1v) is 13.3. The summed E-state index contributed by atoms with van der Waals surface area (Å²) in [7, 11) is 0. The molecule has 0 aliphatic carbocycles. The van der Waals surface area contributed by atoms with Crippen LogP contribution in [0.2, 0.25) is 0 Å². The zero-order valence-electron chi connectivity index (χ0n) is 20.7. The van der Waals surface area contributed by atoms with Crippen LogP contribution in [-0.2, 0) is 4.79 Å². The average Bonchev–Trinajstić information content (AvgIpc) is 3.44. The number of piperidine rings is 1. The maximum Gasteiger partial charge on any atom is 0.248 e. The molecule has 1 amide bonds. The highest BCUT2D eigenvalue weighted by Gasteiger charge is 2.27. The predicted molar refractivity (Wildman–Crippen MR) is 149 cm³/mol. The molecule has 5 rings (SSSR count). The highest BCUT2D eigenvalue weighted by molar-refractivity contribution is 7.80. The van der Waals surface area contributed by atoms with Crippen LogP contribution in [0.3, 0.4) is 0 Å². The highest BCUT2D eigenvalue weighted by atomic mass is 32.1. The number of rotatable bonds is 7. The van der Waals surface area contributed by atoms with E-state index in [1.165, 1.54) is 44.8 Å². The van der Waals surface area contributed by atoms with Gasteiger partial charge in [0, 0.05) is 36.3 Å². The minimum atomic E-state index is -0.193. The number of aryl methyl sites for hydroxylation is 1. The second-order valence-electron chi connectivity index (χ2n) is 9.47. The second-order valence-corrected chi connectivity index (χ2v) is 9.73. The normalized spacial score (nSPS) is 17.2. The fraction of sp³-hybridized carbons (Fsp3) is 0.393. The summed E-state index contributed by atoms with van der Waals surface area (Å²) in [5.41, 5.74) is 3.46. The lowest BCUT2D eigenvalue weighted by Gasteiger charge is -2.36. The van der Waals surface area contributed by atoms with E-state index < -0.39 is 0 Å². The zero-order valence-corrected chi connectivity index (χ0v) is 21.6. The summed E-state index contributed by atoms with van der Waals surface area (Å²) in [4.78, 5) is 27.1. The van der Waals surface area contributed by atoms with Gasteiger partial charge in [-0.3, -0.25) is 4.79 Å². The second kappa shape index (κ2) is 11.3. The number of hydrogen-bond donors (Lipinski definition) is 2. The number of benzene rings is 2. The Hall–Kier alpha value is -3.10. The summed E-state index contributed by atoms with van der Waals surface area (Å²) in [6.45, 7) is 6.51. The molecule has 1 N–H and O–H groups in total. The van der Waals surface area contributed by atoms with E-state index in [1.54, 1.807) is 6.08 Å². The Bertz CT molecular complexity index is 1230. The van der Waals surface area contributed by atoms with Gasteiger partial charge in [0.1, 0.15) is 11.7 Å². The molecule has 0 unspecified atom stereocenters. The molecule has 2 aliphatic heterocycles. The number of amides is 1. The SMILES string of the molecule is Cc1nc(N2CCC(N3CCCC3)CC2)nc2ccc(NC(=O)C=Cc3ccc(OCS)cc3)cc12. The molecule has 8 heteroatoms. The van der Waals surface area contributed by atoms with Crippen LogP contribution in [0.4, 0.5) is 11.6 Å². The molecule has 0 bridgehead atoms. The van der Waals surface area contributed by atoms with Gasteiger partial charge in [0.2, 0.25) is 11.9 Å². The van der Waals surface area contributed by atoms with Crippen LogP contribution in [-0.4, -0.2) is 58.9 Å². The minimum absolute atomic E-state index is 0.193. The van der Waals surface area contributed by atoms with Gasteiger partial charge in [-0.05, 0) is 87.7 Å². The van der Waals surface area contributed by atoms with Crippen molar-refractivity contribution in [3.63, 3.8) is 0 Å². The topological polar surface area (TPSA) is 70.6 Å². The zero-order chi connectivity index (χ0) is 24.9. The van der Waals surface area contributed by atoms with Gasteiger partial charge in [-0.2, -0.15) is 0 Å². The molecule has 3 heterocycles. The Morgan fingerprint density at radius 3 is 2.56 bits per heavy atom. The van der Waals surface area contributed by atoms with Crippen LogP contribution in [0.5, 0.6) is 5.75 Å². The molecule has 0 spiro atoms. The van der Waals surface area contributed by atoms with E-state index in [0.29, 0.717) is 12.0 Å². The van der Waals surface area contributed by atoms with Gasteiger partial charge in [-0.25, -0.2) is 9.97 Å². The Morgan fingerprint density at radius 2 is 1.83 bits per heavy atom. The number of likely N-dealkylation sites (tertiary alicyclic amines) is 1. The minimum Gasteiger partial charge on any atom is -0.483 e. The lowest BCUT2D eigenvalue weighted by atomic mass is 10.0.